The number of nitrogens with zero attached hydrogens (tertiary/aromatic N) is 2. The highest BCUT2D eigenvalue weighted by molar-refractivity contribution is 5.67. The van der Waals surface area contributed by atoms with Crippen LogP contribution >= 0.6 is 0 Å². The molecule has 2 rings (SSSR count). The fourth-order valence-corrected chi connectivity index (χ4v) is 1.68. The number of halogens is 1. The van der Waals surface area contributed by atoms with Crippen molar-refractivity contribution >= 4 is 0 Å². The zero-order valence-corrected chi connectivity index (χ0v) is 10.1. The SMILES string of the molecule is CCOc1ccccc1-c1ncnc(CN)c1F. The highest BCUT2D eigenvalue weighted by Gasteiger charge is 2.15. The lowest BCUT2D eigenvalue weighted by atomic mass is 10.1. The second-order valence-corrected chi connectivity index (χ2v) is 3.62. The van der Waals surface area contributed by atoms with Crippen molar-refractivity contribution < 1.29 is 9.13 Å². The molecule has 0 saturated carbocycles. The van der Waals surface area contributed by atoms with Gasteiger partial charge in [-0.3, -0.25) is 0 Å². The van der Waals surface area contributed by atoms with Crippen molar-refractivity contribution in [3.63, 3.8) is 0 Å². The van der Waals surface area contributed by atoms with Crippen LogP contribution in [0.2, 0.25) is 0 Å². The monoisotopic (exact) mass is 247 g/mol. The van der Waals surface area contributed by atoms with Crippen LogP contribution < -0.4 is 10.5 Å². The molecular formula is C13H14FN3O. The minimum Gasteiger partial charge on any atom is -0.493 e. The Hall–Kier alpha value is -2.01. The first-order valence-electron chi connectivity index (χ1n) is 5.69. The summed E-state index contributed by atoms with van der Waals surface area (Å²) in [6.45, 7) is 2.42. The molecule has 2 N–H and O–H groups in total. The van der Waals surface area contributed by atoms with Crippen LogP contribution in [-0.2, 0) is 6.54 Å². The van der Waals surface area contributed by atoms with Crippen LogP contribution in [0.3, 0.4) is 0 Å². The number of rotatable bonds is 4. The molecule has 1 heterocycles. The molecule has 0 aliphatic carbocycles. The number of para-hydroxylation sites is 1. The Kier molecular flexibility index (Phi) is 3.84. The Balaban J connectivity index is 2.55. The van der Waals surface area contributed by atoms with Crippen LogP contribution in [0.4, 0.5) is 4.39 Å². The van der Waals surface area contributed by atoms with Crippen molar-refractivity contribution in [1.29, 1.82) is 0 Å². The van der Waals surface area contributed by atoms with E-state index in [9.17, 15) is 4.39 Å². The van der Waals surface area contributed by atoms with Crippen molar-refractivity contribution in [2.75, 3.05) is 6.61 Å². The van der Waals surface area contributed by atoms with Gasteiger partial charge in [-0.05, 0) is 19.1 Å². The largest absolute Gasteiger partial charge is 0.493 e. The quantitative estimate of drug-likeness (QED) is 0.899. The summed E-state index contributed by atoms with van der Waals surface area (Å²) in [4.78, 5) is 7.79. The highest BCUT2D eigenvalue weighted by Crippen LogP contribution is 2.30. The molecule has 0 unspecified atom stereocenters. The summed E-state index contributed by atoms with van der Waals surface area (Å²) in [5.74, 6) is 0.104. The molecule has 0 bridgehead atoms. The molecule has 1 aromatic carbocycles. The average Bonchev–Trinajstić information content (AvgIpc) is 2.40. The summed E-state index contributed by atoms with van der Waals surface area (Å²) >= 11 is 0. The van der Waals surface area contributed by atoms with Gasteiger partial charge in [-0.15, -0.1) is 0 Å². The van der Waals surface area contributed by atoms with Gasteiger partial charge in [0, 0.05) is 12.1 Å². The van der Waals surface area contributed by atoms with Crippen LogP contribution in [-0.4, -0.2) is 16.6 Å². The van der Waals surface area contributed by atoms with Gasteiger partial charge >= 0.3 is 0 Å². The third kappa shape index (κ3) is 2.31. The van der Waals surface area contributed by atoms with Gasteiger partial charge in [0.05, 0.1) is 12.3 Å². The number of ether oxygens (including phenoxy) is 1. The molecule has 0 radical (unpaired) electrons. The van der Waals surface area contributed by atoms with Crippen molar-refractivity contribution in [1.82, 2.24) is 9.97 Å². The van der Waals surface area contributed by atoms with Gasteiger partial charge in [0.25, 0.3) is 0 Å². The lowest BCUT2D eigenvalue weighted by molar-refractivity contribution is 0.341. The first kappa shape index (κ1) is 12.4. The smallest absolute Gasteiger partial charge is 0.172 e. The summed E-state index contributed by atoms with van der Waals surface area (Å²) in [7, 11) is 0. The van der Waals surface area contributed by atoms with E-state index in [1.165, 1.54) is 6.33 Å². The van der Waals surface area contributed by atoms with Gasteiger partial charge < -0.3 is 10.5 Å². The Morgan fingerprint density at radius 2 is 2.06 bits per heavy atom. The van der Waals surface area contributed by atoms with Crippen molar-refractivity contribution in [3.05, 3.63) is 42.1 Å². The van der Waals surface area contributed by atoms with Gasteiger partial charge in [-0.1, -0.05) is 12.1 Å². The van der Waals surface area contributed by atoms with Gasteiger partial charge in [-0.2, -0.15) is 0 Å². The fourth-order valence-electron chi connectivity index (χ4n) is 1.68. The summed E-state index contributed by atoms with van der Waals surface area (Å²) in [5, 5.41) is 0. The summed E-state index contributed by atoms with van der Waals surface area (Å²) < 4.78 is 19.6. The lowest BCUT2D eigenvalue weighted by Gasteiger charge is -2.10. The second kappa shape index (κ2) is 5.55. The molecule has 0 aliphatic heterocycles. The average molecular weight is 247 g/mol. The van der Waals surface area contributed by atoms with E-state index in [0.717, 1.165) is 0 Å². The number of aromatic nitrogens is 2. The normalized spacial score (nSPS) is 10.4. The first-order valence-corrected chi connectivity index (χ1v) is 5.69. The molecule has 0 aliphatic rings. The number of hydrogen-bond donors (Lipinski definition) is 1. The van der Waals surface area contributed by atoms with Gasteiger partial charge in [0.1, 0.15) is 17.8 Å². The summed E-state index contributed by atoms with van der Waals surface area (Å²) in [6, 6.07) is 7.18. The molecule has 18 heavy (non-hydrogen) atoms. The Morgan fingerprint density at radius 1 is 1.28 bits per heavy atom. The van der Waals surface area contributed by atoms with Crippen molar-refractivity contribution in [2.45, 2.75) is 13.5 Å². The van der Waals surface area contributed by atoms with E-state index in [-0.39, 0.29) is 17.9 Å². The van der Waals surface area contributed by atoms with Crippen LogP contribution in [0.25, 0.3) is 11.3 Å². The first-order chi connectivity index (χ1) is 8.77. The molecule has 0 atom stereocenters. The zero-order chi connectivity index (χ0) is 13.0. The van der Waals surface area contributed by atoms with Crippen LogP contribution in [0.5, 0.6) is 5.75 Å². The maximum absolute atomic E-state index is 14.1. The molecule has 4 nitrogen and oxygen atoms in total. The zero-order valence-electron chi connectivity index (χ0n) is 10.1. The topological polar surface area (TPSA) is 61.0 Å². The molecule has 1 aromatic heterocycles. The maximum atomic E-state index is 14.1. The van der Waals surface area contributed by atoms with Gasteiger partial charge in [-0.25, -0.2) is 14.4 Å². The van der Waals surface area contributed by atoms with Gasteiger partial charge in [0.2, 0.25) is 0 Å². The molecule has 0 amide bonds. The predicted molar refractivity (Wildman–Crippen MR) is 66.5 cm³/mol. The lowest BCUT2D eigenvalue weighted by Crippen LogP contribution is -2.06. The van der Waals surface area contributed by atoms with E-state index in [1.807, 2.05) is 19.1 Å². The summed E-state index contributed by atoms with van der Waals surface area (Å²) in [6.07, 6.45) is 1.31. The third-order valence-electron chi connectivity index (χ3n) is 2.50. The van der Waals surface area contributed by atoms with E-state index >= 15 is 0 Å². The molecule has 0 fully saturated rings. The molecule has 94 valence electrons. The van der Waals surface area contributed by atoms with Gasteiger partial charge in [0.15, 0.2) is 5.82 Å². The third-order valence-corrected chi connectivity index (χ3v) is 2.50. The molecule has 0 spiro atoms. The Bertz CT molecular complexity index is 546. The molecular weight excluding hydrogens is 233 g/mol. The minimum atomic E-state index is -0.493. The molecule has 2 aromatic rings. The van der Waals surface area contributed by atoms with Crippen molar-refractivity contribution in [3.8, 4) is 17.0 Å². The standard InChI is InChI=1S/C13H14FN3O/c1-2-18-11-6-4-3-5-9(11)13-12(14)10(7-15)16-8-17-13/h3-6,8H,2,7,15H2,1H3. The van der Waals surface area contributed by atoms with E-state index in [2.05, 4.69) is 9.97 Å². The summed E-state index contributed by atoms with van der Waals surface area (Å²) in [5.41, 5.74) is 6.46. The maximum Gasteiger partial charge on any atom is 0.172 e. The predicted octanol–water partition coefficient (Wildman–Crippen LogP) is 2.14. The van der Waals surface area contributed by atoms with E-state index in [0.29, 0.717) is 17.9 Å². The molecule has 5 heteroatoms. The minimum absolute atomic E-state index is 0.0398. The fraction of sp³-hybridized carbons (Fsp3) is 0.231. The van der Waals surface area contributed by atoms with E-state index < -0.39 is 5.82 Å². The van der Waals surface area contributed by atoms with Crippen molar-refractivity contribution in [2.24, 2.45) is 5.73 Å². The molecule has 0 saturated heterocycles. The number of hydrogen-bond acceptors (Lipinski definition) is 4. The van der Waals surface area contributed by atoms with E-state index in [1.54, 1.807) is 12.1 Å². The van der Waals surface area contributed by atoms with E-state index in [4.69, 9.17) is 10.5 Å². The second-order valence-electron chi connectivity index (χ2n) is 3.62. The Morgan fingerprint density at radius 3 is 2.78 bits per heavy atom. The van der Waals surface area contributed by atoms with Crippen LogP contribution in [0.1, 0.15) is 12.6 Å². The Labute approximate surface area is 105 Å². The number of benzene rings is 1. The number of nitrogens with two attached hydrogens (primary N) is 1. The van der Waals surface area contributed by atoms with Crippen LogP contribution in [0.15, 0.2) is 30.6 Å². The highest BCUT2D eigenvalue weighted by atomic mass is 19.1. The van der Waals surface area contributed by atoms with Crippen LogP contribution in [0, 0.1) is 5.82 Å².